The number of hydrogen-bond donors (Lipinski definition) is 1. The number of hydrogen-bond acceptors (Lipinski definition) is 1. The topological polar surface area (TPSA) is 20.2 Å². The van der Waals surface area contributed by atoms with Crippen molar-refractivity contribution in [1.29, 1.82) is 0 Å². The Bertz CT molecular complexity index is 307. The van der Waals surface area contributed by atoms with E-state index >= 15 is 0 Å². The summed E-state index contributed by atoms with van der Waals surface area (Å²) < 4.78 is 0. The van der Waals surface area contributed by atoms with Gasteiger partial charge in [-0.2, -0.15) is 0 Å². The number of rotatable bonds is 3. The van der Waals surface area contributed by atoms with Crippen LogP contribution in [0.5, 0.6) is 0 Å². The summed E-state index contributed by atoms with van der Waals surface area (Å²) >= 11 is 5.73. The van der Waals surface area contributed by atoms with Crippen molar-refractivity contribution in [1.82, 2.24) is 0 Å². The summed E-state index contributed by atoms with van der Waals surface area (Å²) in [6.45, 7) is 8.46. The molecule has 0 radical (unpaired) electrons. The Morgan fingerprint density at radius 3 is 2.56 bits per heavy atom. The molecular weight excluding hydrogens is 220 g/mol. The molecule has 1 rings (SSSR count). The Labute approximate surface area is 104 Å². The number of aliphatic hydroxyl groups is 1. The molecule has 2 heteroatoms. The summed E-state index contributed by atoms with van der Waals surface area (Å²) in [5.41, 5.74) is 2.23. The maximum atomic E-state index is 10.1. The van der Waals surface area contributed by atoms with Crippen LogP contribution in [0.1, 0.15) is 47.0 Å². The lowest BCUT2D eigenvalue weighted by Gasteiger charge is -2.30. The highest BCUT2D eigenvalue weighted by molar-refractivity contribution is 6.17. The lowest BCUT2D eigenvalue weighted by atomic mass is 9.77. The Morgan fingerprint density at radius 2 is 2.06 bits per heavy atom. The summed E-state index contributed by atoms with van der Waals surface area (Å²) in [5, 5.41) is 10.1. The summed E-state index contributed by atoms with van der Waals surface area (Å²) in [4.78, 5) is 0. The Balaban J connectivity index is 2.88. The molecule has 1 N–H and O–H groups in total. The predicted molar refractivity (Wildman–Crippen MR) is 70.9 cm³/mol. The van der Waals surface area contributed by atoms with Gasteiger partial charge in [0, 0.05) is 5.88 Å². The van der Waals surface area contributed by atoms with E-state index in [0.717, 1.165) is 36.3 Å². The lowest BCUT2D eigenvalue weighted by molar-refractivity contribution is 0.354. The first-order valence-corrected chi connectivity index (χ1v) is 6.57. The van der Waals surface area contributed by atoms with Crippen LogP contribution in [0.4, 0.5) is 0 Å². The first-order chi connectivity index (χ1) is 7.36. The molecule has 0 aromatic heterocycles. The van der Waals surface area contributed by atoms with Crippen molar-refractivity contribution in [2.75, 3.05) is 5.88 Å². The second-order valence-corrected chi connectivity index (χ2v) is 6.13. The molecule has 0 aromatic carbocycles. The van der Waals surface area contributed by atoms with E-state index in [9.17, 15) is 5.11 Å². The number of alkyl halides is 1. The number of aliphatic hydroxyl groups excluding tert-OH is 1. The molecule has 0 heterocycles. The fourth-order valence-electron chi connectivity index (χ4n) is 2.22. The highest BCUT2D eigenvalue weighted by atomic mass is 35.5. The van der Waals surface area contributed by atoms with Gasteiger partial charge in [0.2, 0.25) is 0 Å². The minimum absolute atomic E-state index is 0.0188. The van der Waals surface area contributed by atoms with Gasteiger partial charge < -0.3 is 5.11 Å². The first-order valence-electron chi connectivity index (χ1n) is 6.03. The van der Waals surface area contributed by atoms with Gasteiger partial charge in [-0.1, -0.05) is 26.8 Å². The molecule has 16 heavy (non-hydrogen) atoms. The van der Waals surface area contributed by atoms with Crippen molar-refractivity contribution in [2.45, 2.75) is 47.0 Å². The molecule has 1 atom stereocenters. The zero-order valence-electron chi connectivity index (χ0n) is 10.8. The maximum Gasteiger partial charge on any atom is 0.117 e. The van der Waals surface area contributed by atoms with Crippen molar-refractivity contribution < 1.29 is 5.11 Å². The Morgan fingerprint density at radius 1 is 1.44 bits per heavy atom. The average molecular weight is 243 g/mol. The number of allylic oxidation sites excluding steroid dienone is 3. The van der Waals surface area contributed by atoms with E-state index < -0.39 is 0 Å². The molecule has 0 spiro atoms. The van der Waals surface area contributed by atoms with Crippen LogP contribution in [0.15, 0.2) is 23.0 Å². The molecule has 1 aliphatic carbocycles. The molecule has 0 fully saturated rings. The first kappa shape index (κ1) is 13.6. The quantitative estimate of drug-likeness (QED) is 0.703. The third-order valence-electron chi connectivity index (χ3n) is 3.15. The van der Waals surface area contributed by atoms with Crippen LogP contribution in [-0.2, 0) is 0 Å². The lowest BCUT2D eigenvalue weighted by Crippen LogP contribution is -2.18. The molecule has 1 aliphatic rings. The van der Waals surface area contributed by atoms with Crippen molar-refractivity contribution in [3.8, 4) is 0 Å². The van der Waals surface area contributed by atoms with E-state index in [4.69, 9.17) is 11.6 Å². The van der Waals surface area contributed by atoms with E-state index in [2.05, 4.69) is 26.8 Å². The summed E-state index contributed by atoms with van der Waals surface area (Å²) in [7, 11) is 0. The van der Waals surface area contributed by atoms with E-state index in [1.165, 1.54) is 0 Å². The third-order valence-corrected chi connectivity index (χ3v) is 3.41. The van der Waals surface area contributed by atoms with Crippen LogP contribution in [0, 0.1) is 11.3 Å². The van der Waals surface area contributed by atoms with Crippen LogP contribution >= 0.6 is 11.6 Å². The van der Waals surface area contributed by atoms with Gasteiger partial charge in [0.05, 0.1) is 0 Å². The molecule has 0 amide bonds. The van der Waals surface area contributed by atoms with E-state index in [0.29, 0.717) is 11.7 Å². The molecule has 1 nitrogen and oxygen atoms in total. The highest BCUT2D eigenvalue weighted by Crippen LogP contribution is 2.38. The van der Waals surface area contributed by atoms with E-state index in [1.807, 2.05) is 6.92 Å². The predicted octanol–water partition coefficient (Wildman–Crippen LogP) is 4.83. The Kier molecular flexibility index (Phi) is 4.49. The van der Waals surface area contributed by atoms with Crippen LogP contribution in [-0.4, -0.2) is 11.0 Å². The fourth-order valence-corrected chi connectivity index (χ4v) is 2.38. The summed E-state index contributed by atoms with van der Waals surface area (Å²) in [6, 6.07) is 0. The van der Waals surface area contributed by atoms with Gasteiger partial charge in [-0.05, 0) is 48.7 Å². The maximum absolute atomic E-state index is 10.1. The second kappa shape index (κ2) is 5.27. The molecule has 0 aliphatic heterocycles. The van der Waals surface area contributed by atoms with Crippen molar-refractivity contribution >= 4 is 11.6 Å². The van der Waals surface area contributed by atoms with Gasteiger partial charge >= 0.3 is 0 Å². The van der Waals surface area contributed by atoms with Gasteiger partial charge in [0.15, 0.2) is 0 Å². The average Bonchev–Trinajstić information content (AvgIpc) is 2.17. The van der Waals surface area contributed by atoms with Crippen molar-refractivity contribution in [3.63, 3.8) is 0 Å². The highest BCUT2D eigenvalue weighted by Gasteiger charge is 2.27. The summed E-state index contributed by atoms with van der Waals surface area (Å²) in [6.07, 6.45) is 5.39. The Hall–Kier alpha value is -0.430. The molecule has 0 saturated carbocycles. The van der Waals surface area contributed by atoms with E-state index in [-0.39, 0.29) is 5.41 Å². The van der Waals surface area contributed by atoms with Crippen molar-refractivity contribution in [3.05, 3.63) is 23.0 Å². The van der Waals surface area contributed by atoms with Crippen LogP contribution < -0.4 is 0 Å². The van der Waals surface area contributed by atoms with Crippen LogP contribution in [0.2, 0.25) is 0 Å². The molecular formula is C14H23ClO. The second-order valence-electron chi connectivity index (χ2n) is 5.75. The van der Waals surface area contributed by atoms with Crippen molar-refractivity contribution in [2.24, 2.45) is 11.3 Å². The summed E-state index contributed by atoms with van der Waals surface area (Å²) in [5.74, 6) is 1.78. The van der Waals surface area contributed by atoms with Gasteiger partial charge in [-0.3, -0.25) is 0 Å². The van der Waals surface area contributed by atoms with Crippen LogP contribution in [0.3, 0.4) is 0 Å². The molecule has 0 aromatic rings. The SMILES string of the molecule is CC1=C(O)C(C(C)(C)C)=CC(CCCCl)C1. The molecule has 0 saturated heterocycles. The minimum atomic E-state index is 0.0188. The van der Waals surface area contributed by atoms with Gasteiger partial charge in [-0.25, -0.2) is 0 Å². The normalized spacial score (nSPS) is 22.3. The zero-order chi connectivity index (χ0) is 12.3. The smallest absolute Gasteiger partial charge is 0.117 e. The molecule has 0 bridgehead atoms. The zero-order valence-corrected chi connectivity index (χ0v) is 11.6. The van der Waals surface area contributed by atoms with Gasteiger partial charge in [0.1, 0.15) is 5.76 Å². The van der Waals surface area contributed by atoms with E-state index in [1.54, 1.807) is 0 Å². The standard InChI is InChI=1S/C14H23ClO/c1-10-8-11(6-5-7-15)9-12(13(10)16)14(2,3)4/h9,11,16H,5-8H2,1-4H3. The fraction of sp³-hybridized carbons (Fsp3) is 0.714. The largest absolute Gasteiger partial charge is 0.508 e. The van der Waals surface area contributed by atoms with Gasteiger partial charge in [0.25, 0.3) is 0 Å². The third kappa shape index (κ3) is 3.28. The van der Waals surface area contributed by atoms with Gasteiger partial charge in [-0.15, -0.1) is 11.6 Å². The molecule has 92 valence electrons. The minimum Gasteiger partial charge on any atom is -0.508 e. The molecule has 1 unspecified atom stereocenters. The number of halogens is 1. The monoisotopic (exact) mass is 242 g/mol. The van der Waals surface area contributed by atoms with Crippen LogP contribution in [0.25, 0.3) is 0 Å².